The Hall–Kier alpha value is -2.79. The van der Waals surface area contributed by atoms with Gasteiger partial charge in [-0.25, -0.2) is 18.4 Å². The smallest absolute Gasteiger partial charge is 0.316 e. The molecular weight excluding hydrogens is 396 g/mol. The predicted octanol–water partition coefficient (Wildman–Crippen LogP) is 1.71. The number of aryl methyl sites for hydroxylation is 3. The monoisotopic (exact) mass is 418 g/mol. The molecule has 1 fully saturated rings. The van der Waals surface area contributed by atoms with E-state index in [4.69, 9.17) is 9.26 Å². The first-order valence-electron chi connectivity index (χ1n) is 9.25. The zero-order chi connectivity index (χ0) is 20.6. The van der Waals surface area contributed by atoms with Crippen LogP contribution in [0.2, 0.25) is 0 Å². The molecule has 0 bridgehead atoms. The van der Waals surface area contributed by atoms with E-state index < -0.39 is 10.0 Å². The van der Waals surface area contributed by atoms with Crippen LogP contribution in [-0.2, 0) is 17.1 Å². The minimum absolute atomic E-state index is 0.143. The minimum atomic E-state index is -3.63. The van der Waals surface area contributed by atoms with Crippen molar-refractivity contribution in [2.45, 2.75) is 37.7 Å². The molecule has 0 unspecified atom stereocenters. The molecule has 0 aromatic carbocycles. The Kier molecular flexibility index (Phi) is 5.09. The van der Waals surface area contributed by atoms with Crippen LogP contribution in [0, 0.1) is 13.8 Å². The second-order valence-electron chi connectivity index (χ2n) is 7.03. The van der Waals surface area contributed by atoms with Crippen LogP contribution in [-0.4, -0.2) is 56.8 Å². The summed E-state index contributed by atoms with van der Waals surface area (Å²) in [6.07, 6.45) is 7.97. The minimum Gasteiger partial charge on any atom is -0.460 e. The Morgan fingerprint density at radius 2 is 1.79 bits per heavy atom. The summed E-state index contributed by atoms with van der Waals surface area (Å²) in [5.74, 6) is 0.308. The molecule has 3 aromatic heterocycles. The molecule has 4 heterocycles. The van der Waals surface area contributed by atoms with Gasteiger partial charge in [0, 0.05) is 49.9 Å². The van der Waals surface area contributed by atoms with Crippen LogP contribution in [0.4, 0.5) is 0 Å². The Morgan fingerprint density at radius 3 is 2.34 bits per heavy atom. The lowest BCUT2D eigenvalue weighted by Gasteiger charge is -2.30. The summed E-state index contributed by atoms with van der Waals surface area (Å²) in [6.45, 7) is 3.94. The van der Waals surface area contributed by atoms with Gasteiger partial charge in [0.1, 0.15) is 16.7 Å². The maximum Gasteiger partial charge on any atom is 0.316 e. The summed E-state index contributed by atoms with van der Waals surface area (Å²) in [7, 11) is -1.78. The third kappa shape index (κ3) is 3.87. The van der Waals surface area contributed by atoms with E-state index in [1.54, 1.807) is 37.1 Å². The summed E-state index contributed by atoms with van der Waals surface area (Å²) in [6, 6.07) is 0.282. The van der Waals surface area contributed by atoms with Gasteiger partial charge < -0.3 is 9.26 Å². The molecule has 0 aliphatic carbocycles. The van der Waals surface area contributed by atoms with Crippen LogP contribution in [0.1, 0.15) is 24.3 Å². The second-order valence-corrected chi connectivity index (χ2v) is 8.91. The van der Waals surface area contributed by atoms with Gasteiger partial charge in [-0.3, -0.25) is 4.68 Å². The highest BCUT2D eigenvalue weighted by atomic mass is 32.2. The molecular formula is C18H22N6O4S. The molecule has 1 aliphatic heterocycles. The van der Waals surface area contributed by atoms with Crippen molar-refractivity contribution in [2.75, 3.05) is 13.1 Å². The molecule has 0 saturated carbocycles. The van der Waals surface area contributed by atoms with Crippen LogP contribution in [0.15, 0.2) is 34.2 Å². The average molecular weight is 418 g/mol. The third-order valence-electron chi connectivity index (χ3n) is 4.91. The fourth-order valence-corrected chi connectivity index (χ4v) is 5.17. The van der Waals surface area contributed by atoms with Crippen molar-refractivity contribution in [1.29, 1.82) is 0 Å². The summed E-state index contributed by atoms with van der Waals surface area (Å²) in [4.78, 5) is 8.69. The van der Waals surface area contributed by atoms with Crippen molar-refractivity contribution in [3.8, 4) is 17.1 Å². The van der Waals surface area contributed by atoms with Crippen molar-refractivity contribution in [3.63, 3.8) is 0 Å². The van der Waals surface area contributed by atoms with Crippen LogP contribution in [0.3, 0.4) is 0 Å². The van der Waals surface area contributed by atoms with Crippen molar-refractivity contribution in [1.82, 2.24) is 29.2 Å². The van der Waals surface area contributed by atoms with Crippen LogP contribution in [0.25, 0.3) is 11.1 Å². The molecule has 3 aromatic rings. The first-order valence-corrected chi connectivity index (χ1v) is 10.7. The van der Waals surface area contributed by atoms with E-state index in [1.165, 1.54) is 4.31 Å². The first-order chi connectivity index (χ1) is 13.8. The van der Waals surface area contributed by atoms with Gasteiger partial charge >= 0.3 is 6.01 Å². The molecule has 0 radical (unpaired) electrons. The van der Waals surface area contributed by atoms with Crippen molar-refractivity contribution < 1.29 is 17.7 Å². The van der Waals surface area contributed by atoms with Gasteiger partial charge in [0.15, 0.2) is 5.76 Å². The topological polar surface area (TPSA) is 116 Å². The fourth-order valence-electron chi connectivity index (χ4n) is 3.41. The number of aromatic nitrogens is 5. The highest BCUT2D eigenvalue weighted by molar-refractivity contribution is 7.89. The zero-order valence-electron chi connectivity index (χ0n) is 16.4. The summed E-state index contributed by atoms with van der Waals surface area (Å²) >= 11 is 0. The average Bonchev–Trinajstić information content (AvgIpc) is 3.28. The van der Waals surface area contributed by atoms with Gasteiger partial charge in [-0.05, 0) is 26.7 Å². The highest BCUT2D eigenvalue weighted by Crippen LogP contribution is 2.27. The van der Waals surface area contributed by atoms with E-state index in [9.17, 15) is 8.42 Å². The first kappa shape index (κ1) is 19.5. The number of rotatable bonds is 5. The van der Waals surface area contributed by atoms with Gasteiger partial charge in [-0.1, -0.05) is 5.16 Å². The maximum atomic E-state index is 12.9. The molecule has 0 spiro atoms. The molecule has 1 saturated heterocycles. The van der Waals surface area contributed by atoms with Gasteiger partial charge in [0.05, 0.1) is 6.20 Å². The Bertz CT molecular complexity index is 1080. The summed E-state index contributed by atoms with van der Waals surface area (Å²) in [5, 5.41) is 7.88. The molecule has 0 amide bonds. The van der Waals surface area contributed by atoms with E-state index in [-0.39, 0.29) is 17.0 Å². The maximum absolute atomic E-state index is 12.9. The number of hydrogen-bond acceptors (Lipinski definition) is 8. The van der Waals surface area contributed by atoms with E-state index in [0.29, 0.717) is 37.4 Å². The number of piperidine rings is 1. The molecule has 0 atom stereocenters. The Balaban J connectivity index is 1.38. The zero-order valence-corrected chi connectivity index (χ0v) is 17.3. The van der Waals surface area contributed by atoms with Crippen LogP contribution in [0.5, 0.6) is 6.01 Å². The summed E-state index contributed by atoms with van der Waals surface area (Å²) < 4.78 is 39.8. The van der Waals surface area contributed by atoms with Gasteiger partial charge in [-0.2, -0.15) is 9.40 Å². The predicted molar refractivity (Wildman–Crippen MR) is 103 cm³/mol. The molecule has 11 heteroatoms. The summed E-state index contributed by atoms with van der Waals surface area (Å²) in [5.41, 5.74) is 2.16. The van der Waals surface area contributed by atoms with E-state index in [2.05, 4.69) is 20.2 Å². The van der Waals surface area contributed by atoms with Gasteiger partial charge in [0.2, 0.25) is 10.0 Å². The number of hydrogen-bond donors (Lipinski definition) is 0. The molecule has 1 aliphatic rings. The fraction of sp³-hybridized carbons (Fsp3) is 0.444. The third-order valence-corrected chi connectivity index (χ3v) is 7.05. The molecule has 10 nitrogen and oxygen atoms in total. The Morgan fingerprint density at radius 1 is 1.10 bits per heavy atom. The van der Waals surface area contributed by atoms with Gasteiger partial charge in [0.25, 0.3) is 0 Å². The number of ether oxygens (including phenoxy) is 1. The second kappa shape index (κ2) is 7.56. The lowest BCUT2D eigenvalue weighted by atomic mass is 10.1. The van der Waals surface area contributed by atoms with E-state index >= 15 is 0 Å². The normalized spacial score (nSPS) is 16.2. The number of nitrogens with zero attached hydrogens (tertiary/aromatic N) is 6. The van der Waals surface area contributed by atoms with Gasteiger partial charge in [-0.15, -0.1) is 0 Å². The largest absolute Gasteiger partial charge is 0.460 e. The SMILES string of the molecule is Cc1noc(C)c1S(=O)(=O)N1CCC(Oc2ncc(-c3cnn(C)c3)cn2)CC1. The van der Waals surface area contributed by atoms with E-state index in [0.717, 1.165) is 11.1 Å². The molecule has 154 valence electrons. The number of sulfonamides is 1. The molecule has 29 heavy (non-hydrogen) atoms. The van der Waals surface area contributed by atoms with Crippen molar-refractivity contribution in [3.05, 3.63) is 36.2 Å². The molecule has 4 rings (SSSR count). The van der Waals surface area contributed by atoms with Crippen molar-refractivity contribution >= 4 is 10.0 Å². The standard InChI is InChI=1S/C18H22N6O4S/c1-12-17(13(2)28-22-12)29(25,26)24-6-4-16(5-7-24)27-18-19-8-14(9-20-18)15-10-21-23(3)11-15/h8-11,16H,4-7H2,1-3H3. The van der Waals surface area contributed by atoms with E-state index in [1.807, 2.05) is 13.2 Å². The molecule has 0 N–H and O–H groups in total. The van der Waals surface area contributed by atoms with Crippen LogP contribution >= 0.6 is 0 Å². The highest BCUT2D eigenvalue weighted by Gasteiger charge is 2.34. The lowest BCUT2D eigenvalue weighted by Crippen LogP contribution is -2.42. The van der Waals surface area contributed by atoms with Crippen LogP contribution < -0.4 is 4.74 Å². The quantitative estimate of drug-likeness (QED) is 0.615. The van der Waals surface area contributed by atoms with Crippen molar-refractivity contribution in [2.24, 2.45) is 7.05 Å². The lowest BCUT2D eigenvalue weighted by molar-refractivity contribution is 0.124. The Labute approximate surface area is 168 Å².